The van der Waals surface area contributed by atoms with Crippen LogP contribution in [0.5, 0.6) is 0 Å². The summed E-state index contributed by atoms with van der Waals surface area (Å²) in [6.07, 6.45) is 5.27. The first-order valence-electron chi connectivity index (χ1n) is 14.6. The van der Waals surface area contributed by atoms with Crippen LogP contribution in [-0.4, -0.2) is 55.2 Å². The Hall–Kier alpha value is -4.45. The molecule has 0 unspecified atom stereocenters. The fourth-order valence-corrected chi connectivity index (χ4v) is 6.06. The van der Waals surface area contributed by atoms with E-state index in [-0.39, 0.29) is 24.2 Å². The highest BCUT2D eigenvalue weighted by Gasteiger charge is 2.35. The number of aromatic nitrogens is 6. The van der Waals surface area contributed by atoms with Gasteiger partial charge in [0.05, 0.1) is 23.4 Å². The number of aryl methyl sites for hydroxylation is 1. The lowest BCUT2D eigenvalue weighted by atomic mass is 9.81. The number of aromatic amines is 2. The first kappa shape index (κ1) is 31.0. The lowest BCUT2D eigenvalue weighted by molar-refractivity contribution is -0.130. The van der Waals surface area contributed by atoms with E-state index in [2.05, 4.69) is 43.8 Å². The quantitative estimate of drug-likeness (QED) is 0.200. The van der Waals surface area contributed by atoms with Crippen molar-refractivity contribution in [2.75, 3.05) is 11.4 Å². The Balaban J connectivity index is 0.00000384. The van der Waals surface area contributed by atoms with Crippen molar-refractivity contribution in [3.05, 3.63) is 78.0 Å². The fourth-order valence-electron chi connectivity index (χ4n) is 6.06. The smallest absolute Gasteiger partial charge is 0.251 e. The van der Waals surface area contributed by atoms with E-state index in [0.717, 1.165) is 46.0 Å². The second-order valence-electron chi connectivity index (χ2n) is 11.3. The van der Waals surface area contributed by atoms with Crippen LogP contribution in [0.25, 0.3) is 33.4 Å². The Morgan fingerprint density at radius 3 is 2.34 bits per heavy atom. The van der Waals surface area contributed by atoms with Gasteiger partial charge in [0.15, 0.2) is 0 Å². The SMILES string of the molecule is Cc1ccc2[nH]ncc2c1-c1ccc(C[C@H](N)C(=O)N(C(=O)C2CCC(CN)CC2)c2ccc(-c3nn[nH]n3)cc2)cc1.Cl. The third-order valence-corrected chi connectivity index (χ3v) is 8.55. The van der Waals surface area contributed by atoms with Crippen LogP contribution in [-0.2, 0) is 16.0 Å². The van der Waals surface area contributed by atoms with Gasteiger partial charge in [-0.2, -0.15) is 10.3 Å². The number of imide groups is 1. The number of nitrogens with zero attached hydrogens (tertiary/aromatic N) is 5. The van der Waals surface area contributed by atoms with Crippen LogP contribution in [0.2, 0.25) is 0 Å². The van der Waals surface area contributed by atoms with Crippen molar-refractivity contribution in [1.29, 1.82) is 0 Å². The molecule has 0 radical (unpaired) electrons. The minimum absolute atomic E-state index is 0. The average molecular weight is 614 g/mol. The molecule has 1 fully saturated rings. The molecule has 228 valence electrons. The van der Waals surface area contributed by atoms with Gasteiger partial charge in [-0.25, -0.2) is 4.90 Å². The second kappa shape index (κ2) is 13.5. The van der Waals surface area contributed by atoms with Gasteiger partial charge in [0.25, 0.3) is 5.91 Å². The number of nitrogens with one attached hydrogen (secondary N) is 2. The van der Waals surface area contributed by atoms with E-state index in [1.807, 2.05) is 36.5 Å². The summed E-state index contributed by atoms with van der Waals surface area (Å²) < 4.78 is 0. The molecule has 2 aromatic heterocycles. The monoisotopic (exact) mass is 613 g/mol. The van der Waals surface area contributed by atoms with Crippen molar-refractivity contribution in [2.24, 2.45) is 23.3 Å². The second-order valence-corrected chi connectivity index (χ2v) is 11.3. The van der Waals surface area contributed by atoms with E-state index in [0.29, 0.717) is 48.8 Å². The van der Waals surface area contributed by atoms with Crippen LogP contribution in [0.3, 0.4) is 0 Å². The summed E-state index contributed by atoms with van der Waals surface area (Å²) in [5.41, 5.74) is 18.8. The molecule has 1 aliphatic carbocycles. The van der Waals surface area contributed by atoms with E-state index < -0.39 is 11.9 Å². The van der Waals surface area contributed by atoms with Gasteiger partial charge in [0.2, 0.25) is 11.7 Å². The van der Waals surface area contributed by atoms with Crippen molar-refractivity contribution < 1.29 is 9.59 Å². The van der Waals surface area contributed by atoms with Crippen LogP contribution in [0.4, 0.5) is 5.69 Å². The number of nitrogens with two attached hydrogens (primary N) is 2. The highest BCUT2D eigenvalue weighted by molar-refractivity contribution is 6.17. The van der Waals surface area contributed by atoms with E-state index in [4.69, 9.17) is 11.5 Å². The fraction of sp³-hybridized carbons (Fsp3) is 0.312. The van der Waals surface area contributed by atoms with Crippen LogP contribution in [0.15, 0.2) is 66.9 Å². The Kier molecular flexibility index (Phi) is 9.48. The molecule has 2 amide bonds. The molecule has 44 heavy (non-hydrogen) atoms. The predicted molar refractivity (Wildman–Crippen MR) is 172 cm³/mol. The van der Waals surface area contributed by atoms with Crippen LogP contribution in [0, 0.1) is 18.8 Å². The number of anilines is 1. The molecule has 0 spiro atoms. The number of amides is 2. The highest BCUT2D eigenvalue weighted by atomic mass is 35.5. The largest absolute Gasteiger partial charge is 0.330 e. The van der Waals surface area contributed by atoms with Crippen LogP contribution >= 0.6 is 12.4 Å². The van der Waals surface area contributed by atoms with Gasteiger partial charge < -0.3 is 11.5 Å². The first-order chi connectivity index (χ1) is 20.9. The number of hydrogen-bond acceptors (Lipinski definition) is 8. The number of H-pyrrole nitrogens is 2. The Bertz CT molecular complexity index is 1710. The van der Waals surface area contributed by atoms with Gasteiger partial charge in [0.1, 0.15) is 0 Å². The molecular weight excluding hydrogens is 578 g/mol. The standard InChI is InChI=1S/C32H35N9O2.ClH/c1-19-2-15-28-26(18-35-36-28)29(19)22-7-3-20(4-8-22)16-27(34)32(43)41(31(42)24-9-5-21(17-33)6-10-24)25-13-11-23(12-14-25)30-37-39-40-38-30;/h2-4,7-8,11-15,18,21,24,27H,5-6,9-10,16-17,33-34H2,1H3,(H,35,36)(H,37,38,39,40);1H/t21?,24?,27-;/m0./s1. The number of benzene rings is 3. The molecule has 1 atom stereocenters. The lowest BCUT2D eigenvalue weighted by Crippen LogP contribution is -2.50. The summed E-state index contributed by atoms with van der Waals surface area (Å²) in [4.78, 5) is 29.1. The zero-order chi connectivity index (χ0) is 29.9. The highest BCUT2D eigenvalue weighted by Crippen LogP contribution is 2.33. The normalized spacial score (nSPS) is 17.2. The minimum atomic E-state index is -0.911. The van der Waals surface area contributed by atoms with E-state index in [9.17, 15) is 9.59 Å². The predicted octanol–water partition coefficient (Wildman–Crippen LogP) is 4.33. The Morgan fingerprint density at radius 1 is 0.977 bits per heavy atom. The molecule has 0 bridgehead atoms. The third kappa shape index (κ3) is 6.26. The topological polar surface area (TPSA) is 173 Å². The van der Waals surface area contributed by atoms with Crippen LogP contribution < -0.4 is 16.4 Å². The van der Waals surface area contributed by atoms with Gasteiger partial charge in [-0.1, -0.05) is 30.3 Å². The number of rotatable bonds is 8. The summed E-state index contributed by atoms with van der Waals surface area (Å²) >= 11 is 0. The van der Waals surface area contributed by atoms with Gasteiger partial charge in [0, 0.05) is 16.9 Å². The summed E-state index contributed by atoms with van der Waals surface area (Å²) in [5.74, 6) is -0.0697. The molecule has 0 aliphatic heterocycles. The Labute approximate surface area is 261 Å². The third-order valence-electron chi connectivity index (χ3n) is 8.55. The number of carbonyl (C=O) groups excluding carboxylic acids is 2. The maximum Gasteiger partial charge on any atom is 0.251 e. The Morgan fingerprint density at radius 2 is 1.68 bits per heavy atom. The zero-order valence-electron chi connectivity index (χ0n) is 24.4. The van der Waals surface area contributed by atoms with Gasteiger partial charge >= 0.3 is 0 Å². The van der Waals surface area contributed by atoms with Crippen molar-refractivity contribution in [2.45, 2.75) is 45.1 Å². The van der Waals surface area contributed by atoms with Gasteiger partial charge in [-0.3, -0.25) is 14.7 Å². The number of fused-ring (bicyclic) bond motifs is 1. The summed E-state index contributed by atoms with van der Waals surface area (Å²) in [6, 6.07) is 18.2. The van der Waals surface area contributed by atoms with E-state index in [1.54, 1.807) is 24.3 Å². The van der Waals surface area contributed by atoms with Crippen molar-refractivity contribution in [3.8, 4) is 22.5 Å². The van der Waals surface area contributed by atoms with Crippen molar-refractivity contribution >= 4 is 40.8 Å². The van der Waals surface area contributed by atoms with E-state index >= 15 is 0 Å². The summed E-state index contributed by atoms with van der Waals surface area (Å²) in [5, 5.41) is 22.3. The molecule has 1 aliphatic rings. The molecule has 6 N–H and O–H groups in total. The van der Waals surface area contributed by atoms with E-state index in [1.165, 1.54) is 4.90 Å². The minimum Gasteiger partial charge on any atom is -0.330 e. The summed E-state index contributed by atoms with van der Waals surface area (Å²) in [6.45, 7) is 2.69. The number of carbonyl (C=O) groups is 2. The first-order valence-corrected chi connectivity index (χ1v) is 14.6. The molecule has 2 heterocycles. The molecule has 5 aromatic rings. The number of hydrogen-bond donors (Lipinski definition) is 4. The average Bonchev–Trinajstić information content (AvgIpc) is 3.75. The number of tetrazole rings is 1. The van der Waals surface area contributed by atoms with Crippen molar-refractivity contribution in [1.82, 2.24) is 30.8 Å². The van der Waals surface area contributed by atoms with Crippen LogP contribution in [0.1, 0.15) is 36.8 Å². The molecular formula is C32H36ClN9O2. The molecule has 12 heteroatoms. The maximum absolute atomic E-state index is 13.9. The van der Waals surface area contributed by atoms with Crippen molar-refractivity contribution in [3.63, 3.8) is 0 Å². The van der Waals surface area contributed by atoms with Gasteiger partial charge in [-0.05, 0) is 109 Å². The number of halogens is 1. The molecule has 6 rings (SSSR count). The van der Waals surface area contributed by atoms with Gasteiger partial charge in [-0.15, -0.1) is 22.6 Å². The lowest BCUT2D eigenvalue weighted by Gasteiger charge is -2.32. The molecule has 1 saturated carbocycles. The molecule has 11 nitrogen and oxygen atoms in total. The maximum atomic E-state index is 13.9. The zero-order valence-corrected chi connectivity index (χ0v) is 25.3. The molecule has 3 aromatic carbocycles. The molecule has 0 saturated heterocycles. The summed E-state index contributed by atoms with van der Waals surface area (Å²) in [7, 11) is 0.